The fourth-order valence-electron chi connectivity index (χ4n) is 2.69. The van der Waals surface area contributed by atoms with Gasteiger partial charge in [0.25, 0.3) is 0 Å². The van der Waals surface area contributed by atoms with Gasteiger partial charge in [0, 0.05) is 28.6 Å². The van der Waals surface area contributed by atoms with Crippen LogP contribution in [0, 0.1) is 6.92 Å². The summed E-state index contributed by atoms with van der Waals surface area (Å²) in [7, 11) is 0. The number of benzene rings is 1. The Labute approximate surface area is 141 Å². The molecule has 1 aromatic carbocycles. The summed E-state index contributed by atoms with van der Waals surface area (Å²) in [5, 5.41) is 3.32. The third-order valence-corrected chi connectivity index (χ3v) is 5.66. The lowest BCUT2D eigenvalue weighted by Crippen LogP contribution is -2.17. The second kappa shape index (κ2) is 6.22. The van der Waals surface area contributed by atoms with E-state index in [-0.39, 0.29) is 12.4 Å². The van der Waals surface area contributed by atoms with E-state index in [2.05, 4.69) is 48.7 Å². The molecular formula is C13H17Br2ClN4. The number of nitrogens with two attached hydrogens (primary N) is 1. The van der Waals surface area contributed by atoms with Gasteiger partial charge in [0.15, 0.2) is 0 Å². The molecule has 110 valence electrons. The average molecular weight is 425 g/mol. The smallest absolute Gasteiger partial charge is 0.203 e. The second-order valence-corrected chi connectivity index (χ2v) is 6.42. The monoisotopic (exact) mass is 422 g/mol. The van der Waals surface area contributed by atoms with Crippen LogP contribution in [0.4, 0.5) is 5.95 Å². The van der Waals surface area contributed by atoms with Crippen molar-refractivity contribution in [3.05, 3.63) is 20.1 Å². The first kappa shape index (κ1) is 16.1. The predicted molar refractivity (Wildman–Crippen MR) is 93.0 cm³/mol. The fourth-order valence-corrected chi connectivity index (χ4v) is 4.02. The van der Waals surface area contributed by atoms with Gasteiger partial charge in [0.1, 0.15) is 5.52 Å². The van der Waals surface area contributed by atoms with Crippen molar-refractivity contribution < 1.29 is 0 Å². The van der Waals surface area contributed by atoms with Crippen LogP contribution in [0.25, 0.3) is 11.0 Å². The van der Waals surface area contributed by atoms with Gasteiger partial charge in [-0.25, -0.2) is 4.98 Å². The van der Waals surface area contributed by atoms with Crippen LogP contribution in [0.3, 0.4) is 0 Å². The molecule has 0 saturated carbocycles. The summed E-state index contributed by atoms with van der Waals surface area (Å²) in [5.41, 5.74) is 10.5. The summed E-state index contributed by atoms with van der Waals surface area (Å²) in [6.45, 7) is 4.49. The van der Waals surface area contributed by atoms with Crippen LogP contribution in [0.1, 0.15) is 17.5 Å². The van der Waals surface area contributed by atoms with Gasteiger partial charge in [-0.1, -0.05) is 15.9 Å². The number of hydrogen-bond acceptors (Lipinski definition) is 3. The van der Waals surface area contributed by atoms with E-state index in [1.165, 1.54) is 21.1 Å². The number of nitrogens with one attached hydrogen (secondary N) is 1. The molecule has 7 heteroatoms. The highest BCUT2D eigenvalue weighted by molar-refractivity contribution is 9.11. The molecule has 1 aliphatic heterocycles. The molecule has 0 atom stereocenters. The van der Waals surface area contributed by atoms with Gasteiger partial charge in [-0.2, -0.15) is 0 Å². The molecule has 0 amide bonds. The largest absolute Gasteiger partial charge is 0.354 e. The topological polar surface area (TPSA) is 55.9 Å². The van der Waals surface area contributed by atoms with Crippen molar-refractivity contribution in [2.45, 2.75) is 26.3 Å². The number of rotatable bonds is 3. The average Bonchev–Trinajstić information content (AvgIpc) is 2.80. The molecule has 0 spiro atoms. The van der Waals surface area contributed by atoms with E-state index in [9.17, 15) is 0 Å². The lowest BCUT2D eigenvalue weighted by atomic mass is 10.0. The van der Waals surface area contributed by atoms with Crippen molar-refractivity contribution in [1.29, 1.82) is 0 Å². The molecule has 0 unspecified atom stereocenters. The minimum absolute atomic E-state index is 0. The van der Waals surface area contributed by atoms with Crippen LogP contribution in [0.2, 0.25) is 0 Å². The Morgan fingerprint density at radius 1 is 1.35 bits per heavy atom. The number of hydrogen-bond donors (Lipinski definition) is 2. The maximum absolute atomic E-state index is 5.57. The Kier molecular flexibility index (Phi) is 5.00. The zero-order valence-corrected chi connectivity index (χ0v) is 15.2. The molecule has 0 radical (unpaired) electrons. The molecule has 2 aromatic rings. The molecular weight excluding hydrogens is 407 g/mol. The van der Waals surface area contributed by atoms with Gasteiger partial charge in [0.05, 0.1) is 5.52 Å². The highest BCUT2D eigenvalue weighted by Crippen LogP contribution is 2.40. The Morgan fingerprint density at radius 3 is 2.80 bits per heavy atom. The first-order valence-electron chi connectivity index (χ1n) is 6.45. The third-order valence-electron chi connectivity index (χ3n) is 3.62. The van der Waals surface area contributed by atoms with Crippen molar-refractivity contribution in [3.63, 3.8) is 0 Å². The van der Waals surface area contributed by atoms with Gasteiger partial charge in [-0.3, -0.25) is 0 Å². The molecule has 3 N–H and O–H groups in total. The van der Waals surface area contributed by atoms with Gasteiger partial charge < -0.3 is 15.6 Å². The van der Waals surface area contributed by atoms with E-state index in [0.717, 1.165) is 41.9 Å². The number of aryl methyl sites for hydroxylation is 2. The number of halogens is 3. The van der Waals surface area contributed by atoms with Crippen molar-refractivity contribution >= 4 is 61.2 Å². The van der Waals surface area contributed by atoms with Crippen LogP contribution in [-0.4, -0.2) is 22.6 Å². The molecule has 20 heavy (non-hydrogen) atoms. The van der Waals surface area contributed by atoms with Crippen LogP contribution in [0.15, 0.2) is 8.95 Å². The molecule has 3 rings (SSSR count). The van der Waals surface area contributed by atoms with Crippen LogP contribution in [-0.2, 0) is 13.0 Å². The zero-order chi connectivity index (χ0) is 13.6. The lowest BCUT2D eigenvalue weighted by Gasteiger charge is -2.19. The number of imidazole rings is 1. The van der Waals surface area contributed by atoms with Crippen molar-refractivity contribution in [1.82, 2.24) is 9.55 Å². The first-order chi connectivity index (χ1) is 9.15. The number of aromatic nitrogens is 2. The van der Waals surface area contributed by atoms with Crippen LogP contribution < -0.4 is 11.1 Å². The Bertz CT molecular complexity index is 654. The Morgan fingerprint density at radius 2 is 2.10 bits per heavy atom. The molecule has 0 aliphatic carbocycles. The Hall–Kier alpha value is -0.300. The molecule has 1 aliphatic rings. The number of anilines is 1. The molecule has 1 aromatic heterocycles. The van der Waals surface area contributed by atoms with E-state index >= 15 is 0 Å². The molecule has 0 saturated heterocycles. The van der Waals surface area contributed by atoms with Crippen LogP contribution in [0.5, 0.6) is 0 Å². The van der Waals surface area contributed by atoms with Crippen molar-refractivity contribution in [2.75, 3.05) is 18.4 Å². The normalized spacial score (nSPS) is 13.4. The maximum Gasteiger partial charge on any atom is 0.203 e. The van der Waals surface area contributed by atoms with E-state index in [4.69, 9.17) is 10.7 Å². The van der Waals surface area contributed by atoms with Crippen LogP contribution >= 0.6 is 44.3 Å². The quantitative estimate of drug-likeness (QED) is 0.792. The van der Waals surface area contributed by atoms with Gasteiger partial charge in [-0.15, -0.1) is 12.4 Å². The fraction of sp³-hybridized carbons (Fsp3) is 0.462. The van der Waals surface area contributed by atoms with Gasteiger partial charge in [-0.05, 0) is 46.8 Å². The van der Waals surface area contributed by atoms with Gasteiger partial charge in [0.2, 0.25) is 5.95 Å². The summed E-state index contributed by atoms with van der Waals surface area (Å²) in [6.07, 6.45) is 2.25. The summed E-state index contributed by atoms with van der Waals surface area (Å²) in [4.78, 5) is 4.75. The lowest BCUT2D eigenvalue weighted by molar-refractivity contribution is 0.634. The summed E-state index contributed by atoms with van der Waals surface area (Å²) >= 11 is 7.41. The van der Waals surface area contributed by atoms with E-state index in [0.29, 0.717) is 6.54 Å². The minimum atomic E-state index is 0. The highest BCUT2D eigenvalue weighted by atomic mass is 79.9. The summed E-state index contributed by atoms with van der Waals surface area (Å²) < 4.78 is 4.56. The predicted octanol–water partition coefficient (Wildman–Crippen LogP) is 3.61. The minimum Gasteiger partial charge on any atom is -0.354 e. The third kappa shape index (κ3) is 2.36. The molecule has 4 nitrogen and oxygen atoms in total. The molecule has 2 heterocycles. The van der Waals surface area contributed by atoms with Crippen molar-refractivity contribution in [2.24, 2.45) is 5.73 Å². The summed E-state index contributed by atoms with van der Waals surface area (Å²) in [5.74, 6) is 0.930. The van der Waals surface area contributed by atoms with E-state index < -0.39 is 0 Å². The number of nitrogens with zero attached hydrogens (tertiary/aromatic N) is 2. The van der Waals surface area contributed by atoms with E-state index in [1.54, 1.807) is 0 Å². The van der Waals surface area contributed by atoms with Gasteiger partial charge >= 0.3 is 0 Å². The first-order valence-corrected chi connectivity index (χ1v) is 8.04. The van der Waals surface area contributed by atoms with Crippen molar-refractivity contribution in [3.8, 4) is 0 Å². The standard InChI is InChI=1S/C13H16Br2N4.ClH/c1-7-9(14)8-3-2-6-19-12(8)11(10(7)15)18-13(19)17-5-4-16;/h2-6,16H2,1H3,(H,17,18);1H. The zero-order valence-electron chi connectivity index (χ0n) is 11.2. The van der Waals surface area contributed by atoms with E-state index in [1.807, 2.05) is 0 Å². The highest BCUT2D eigenvalue weighted by Gasteiger charge is 2.23. The second-order valence-electron chi connectivity index (χ2n) is 4.83. The molecule has 0 bridgehead atoms. The molecule has 0 fully saturated rings. The SMILES string of the molecule is Cc1c(Br)c2c3c(nc(NCCN)n3CCC2)c1Br.Cl. The summed E-state index contributed by atoms with van der Waals surface area (Å²) in [6, 6.07) is 0. The Balaban J connectivity index is 0.00000147. The maximum atomic E-state index is 5.57.